The van der Waals surface area contributed by atoms with Gasteiger partial charge in [-0.25, -0.2) is 8.78 Å². The van der Waals surface area contributed by atoms with Crippen LogP contribution in [0.25, 0.3) is 0 Å². The van der Waals surface area contributed by atoms with Crippen LogP contribution < -0.4 is 10.4 Å². The molecule has 168 valence electrons. The lowest BCUT2D eigenvalue weighted by molar-refractivity contribution is 0.0660. The first kappa shape index (κ1) is 20.0. The van der Waals surface area contributed by atoms with Crippen molar-refractivity contribution in [1.82, 2.24) is 9.58 Å². The second-order valence-corrected chi connectivity index (χ2v) is 9.42. The highest BCUT2D eigenvalue weighted by Gasteiger charge is 2.66. The van der Waals surface area contributed by atoms with Gasteiger partial charge in [0.15, 0.2) is 11.4 Å². The van der Waals surface area contributed by atoms with E-state index in [-0.39, 0.29) is 24.0 Å². The van der Waals surface area contributed by atoms with Gasteiger partial charge >= 0.3 is 0 Å². The standard InChI is InChI=1S/C25H21F2N3O3/c1-24-11-14-16(5-3-7-18(14)26)25(24,17-6-4-8-19(27)15(17)12-24)30-13-28(2)23(33)21-22(32)20(31)9-10-29(21)30/h3-10,32H,11-13H2,1-2H3. The summed E-state index contributed by atoms with van der Waals surface area (Å²) in [7, 11) is 1.58. The van der Waals surface area contributed by atoms with Gasteiger partial charge in [-0.15, -0.1) is 0 Å². The van der Waals surface area contributed by atoms with Gasteiger partial charge in [0.25, 0.3) is 5.91 Å². The number of fused-ring (bicyclic) bond motifs is 6. The molecule has 0 saturated carbocycles. The second kappa shape index (κ2) is 6.21. The van der Waals surface area contributed by atoms with E-state index in [2.05, 4.69) is 0 Å². The third-order valence-corrected chi connectivity index (χ3v) is 7.62. The van der Waals surface area contributed by atoms with Crippen molar-refractivity contribution in [1.29, 1.82) is 0 Å². The summed E-state index contributed by atoms with van der Waals surface area (Å²) in [6.07, 6.45) is 2.20. The minimum absolute atomic E-state index is 0.0929. The monoisotopic (exact) mass is 449 g/mol. The van der Waals surface area contributed by atoms with E-state index in [1.807, 2.05) is 24.1 Å². The molecule has 0 saturated heterocycles. The Hall–Kier alpha value is -3.68. The Kier molecular flexibility index (Phi) is 3.76. The molecule has 33 heavy (non-hydrogen) atoms. The van der Waals surface area contributed by atoms with E-state index in [4.69, 9.17) is 0 Å². The molecule has 2 aromatic carbocycles. The largest absolute Gasteiger partial charge is 0.502 e. The fraction of sp³-hybridized carbons (Fsp3) is 0.280. The summed E-state index contributed by atoms with van der Waals surface area (Å²) < 4.78 is 31.6. The molecule has 0 atom stereocenters. The number of halogens is 2. The van der Waals surface area contributed by atoms with Crippen molar-refractivity contribution in [3.05, 3.63) is 98.5 Å². The Morgan fingerprint density at radius 2 is 1.52 bits per heavy atom. The number of aromatic hydroxyl groups is 1. The highest BCUT2D eigenvalue weighted by Crippen LogP contribution is 2.64. The van der Waals surface area contributed by atoms with Crippen LogP contribution in [-0.4, -0.2) is 34.3 Å². The zero-order valence-corrected chi connectivity index (χ0v) is 18.1. The zero-order chi connectivity index (χ0) is 23.3. The quantitative estimate of drug-likeness (QED) is 0.621. The molecule has 1 N–H and O–H groups in total. The van der Waals surface area contributed by atoms with Crippen molar-refractivity contribution in [2.24, 2.45) is 5.41 Å². The van der Waals surface area contributed by atoms with Gasteiger partial charge in [0.1, 0.15) is 23.8 Å². The number of nitrogens with zero attached hydrogens (tertiary/aromatic N) is 3. The van der Waals surface area contributed by atoms with Crippen molar-refractivity contribution in [2.75, 3.05) is 18.7 Å². The molecule has 0 unspecified atom stereocenters. The molecule has 8 heteroatoms. The van der Waals surface area contributed by atoms with Crippen LogP contribution in [0.1, 0.15) is 39.7 Å². The van der Waals surface area contributed by atoms with Crippen molar-refractivity contribution in [3.8, 4) is 5.75 Å². The summed E-state index contributed by atoms with van der Waals surface area (Å²) in [5.41, 5.74) is -0.0135. The van der Waals surface area contributed by atoms with E-state index in [9.17, 15) is 14.7 Å². The first-order valence-electron chi connectivity index (χ1n) is 10.7. The lowest BCUT2D eigenvalue weighted by Crippen LogP contribution is -2.64. The van der Waals surface area contributed by atoms with Gasteiger partial charge < -0.3 is 10.0 Å². The molecule has 3 aliphatic rings. The second-order valence-electron chi connectivity index (χ2n) is 9.42. The van der Waals surface area contributed by atoms with Gasteiger partial charge in [0, 0.05) is 24.7 Å². The average Bonchev–Trinajstić information content (AvgIpc) is 3.19. The molecular weight excluding hydrogens is 428 g/mol. The maximum absolute atomic E-state index is 15.1. The van der Waals surface area contributed by atoms with Crippen LogP contribution in [0.5, 0.6) is 5.75 Å². The third-order valence-electron chi connectivity index (χ3n) is 7.62. The molecule has 0 radical (unpaired) electrons. The van der Waals surface area contributed by atoms with E-state index in [1.54, 1.807) is 19.2 Å². The predicted octanol–water partition coefficient (Wildman–Crippen LogP) is 2.88. The Morgan fingerprint density at radius 1 is 0.939 bits per heavy atom. The molecule has 6 nitrogen and oxygen atoms in total. The highest BCUT2D eigenvalue weighted by molar-refractivity contribution is 5.96. The molecule has 2 heterocycles. The van der Waals surface area contributed by atoms with Gasteiger partial charge in [-0.05, 0) is 47.2 Å². The fourth-order valence-electron chi connectivity index (χ4n) is 6.34. The average molecular weight is 449 g/mol. The third kappa shape index (κ3) is 2.21. The van der Waals surface area contributed by atoms with Gasteiger partial charge in [-0.1, -0.05) is 31.2 Å². The van der Waals surface area contributed by atoms with Crippen LogP contribution in [-0.2, 0) is 18.4 Å². The molecule has 3 aromatic rings. The van der Waals surface area contributed by atoms with Crippen molar-refractivity contribution in [2.45, 2.75) is 25.3 Å². The number of benzene rings is 2. The van der Waals surface area contributed by atoms with Gasteiger partial charge in [-0.2, -0.15) is 0 Å². The van der Waals surface area contributed by atoms with E-state index in [0.29, 0.717) is 35.1 Å². The number of aromatic nitrogens is 1. The molecule has 0 bridgehead atoms. The number of pyridine rings is 1. The van der Waals surface area contributed by atoms with Crippen molar-refractivity contribution >= 4 is 5.91 Å². The zero-order valence-electron chi connectivity index (χ0n) is 18.1. The summed E-state index contributed by atoms with van der Waals surface area (Å²) >= 11 is 0. The first-order valence-corrected chi connectivity index (χ1v) is 10.7. The van der Waals surface area contributed by atoms with Gasteiger partial charge in [0.2, 0.25) is 5.43 Å². The molecule has 0 fully saturated rings. The van der Waals surface area contributed by atoms with E-state index in [0.717, 1.165) is 0 Å². The predicted molar refractivity (Wildman–Crippen MR) is 117 cm³/mol. The minimum atomic E-state index is -1.03. The summed E-state index contributed by atoms with van der Waals surface area (Å²) in [4.78, 5) is 26.6. The Morgan fingerprint density at radius 3 is 2.09 bits per heavy atom. The smallest absolute Gasteiger partial charge is 0.277 e. The van der Waals surface area contributed by atoms with E-state index in [1.165, 1.54) is 34.0 Å². The van der Waals surface area contributed by atoms with Crippen LogP contribution in [0.15, 0.2) is 53.5 Å². The van der Waals surface area contributed by atoms with E-state index >= 15 is 8.78 Å². The van der Waals surface area contributed by atoms with Gasteiger partial charge in [-0.3, -0.25) is 19.3 Å². The van der Waals surface area contributed by atoms with Crippen LogP contribution in [0.2, 0.25) is 0 Å². The molecule has 1 amide bonds. The SMILES string of the molecule is CN1CN(C23c4cccc(F)c4CC2(C)Cc2c(F)cccc23)n2ccc(=O)c(O)c2C1=O. The number of hydrogen-bond donors (Lipinski definition) is 1. The first-order chi connectivity index (χ1) is 15.7. The minimum Gasteiger partial charge on any atom is -0.502 e. The summed E-state index contributed by atoms with van der Waals surface area (Å²) in [6, 6.07) is 11.0. The Labute approximate surface area is 188 Å². The van der Waals surface area contributed by atoms with Gasteiger partial charge in [0.05, 0.1) is 0 Å². The lowest BCUT2D eigenvalue weighted by Gasteiger charge is -2.53. The maximum Gasteiger partial charge on any atom is 0.277 e. The number of hydrogen-bond acceptors (Lipinski definition) is 4. The number of carbonyl (C=O) groups excluding carboxylic acids is 1. The normalized spacial score (nSPS) is 25.0. The van der Waals surface area contributed by atoms with Crippen LogP contribution in [0.4, 0.5) is 8.78 Å². The molecule has 2 aliphatic carbocycles. The topological polar surface area (TPSA) is 65.8 Å². The Bertz CT molecular complexity index is 1380. The fourth-order valence-corrected chi connectivity index (χ4v) is 6.34. The lowest BCUT2D eigenvalue weighted by atomic mass is 9.71. The van der Waals surface area contributed by atoms with Crippen LogP contribution in [0.3, 0.4) is 0 Å². The van der Waals surface area contributed by atoms with Crippen molar-refractivity contribution < 1.29 is 18.7 Å². The number of amides is 1. The Balaban J connectivity index is 1.76. The van der Waals surface area contributed by atoms with Crippen molar-refractivity contribution in [3.63, 3.8) is 0 Å². The highest BCUT2D eigenvalue weighted by atomic mass is 19.1. The molecule has 1 aromatic heterocycles. The molecule has 0 spiro atoms. The van der Waals surface area contributed by atoms with Crippen LogP contribution >= 0.6 is 0 Å². The summed E-state index contributed by atoms with van der Waals surface area (Å²) in [5, 5.41) is 12.4. The number of carbonyl (C=O) groups is 1. The molecule has 1 aliphatic heterocycles. The van der Waals surface area contributed by atoms with Crippen LogP contribution in [0, 0.1) is 17.0 Å². The summed E-state index contributed by atoms with van der Waals surface area (Å²) in [6.45, 7) is 2.10. The van der Waals surface area contributed by atoms with E-state index < -0.39 is 28.0 Å². The maximum atomic E-state index is 15.1. The molecular formula is C25H21F2N3O3. The number of rotatable bonds is 1. The molecule has 6 rings (SSSR count). The summed E-state index contributed by atoms with van der Waals surface area (Å²) in [5.74, 6) is -1.81.